The van der Waals surface area contributed by atoms with Crippen LogP contribution in [0.1, 0.15) is 31.7 Å². The summed E-state index contributed by atoms with van der Waals surface area (Å²) in [5, 5.41) is 2.92. The monoisotopic (exact) mass is 439 g/mol. The lowest BCUT2D eigenvalue weighted by Gasteiger charge is -2.31. The second-order valence-corrected chi connectivity index (χ2v) is 10.1. The minimum atomic E-state index is -3.44. The number of amides is 1. The molecular weight excluding hydrogens is 410 g/mol. The standard InChI is InChI=1S/C24H29N3O3S/c1-19(26-17-13-21(14-18-26)20-7-3-2-4-8-20)24(28)25-22-9-11-23(12-10-22)31(29,30)27-15-5-6-16-27/h2-4,7-13,19H,5-6,14-18H2,1H3,(H,25,28)/t19-/m0/s1. The average Bonchev–Trinajstić information content (AvgIpc) is 3.36. The summed E-state index contributed by atoms with van der Waals surface area (Å²) in [5.74, 6) is -0.0910. The molecule has 0 radical (unpaired) electrons. The molecule has 6 nitrogen and oxygen atoms in total. The molecule has 7 heteroatoms. The summed E-state index contributed by atoms with van der Waals surface area (Å²) in [5.41, 5.74) is 3.16. The van der Waals surface area contributed by atoms with Gasteiger partial charge < -0.3 is 5.32 Å². The van der Waals surface area contributed by atoms with Crippen molar-refractivity contribution < 1.29 is 13.2 Å². The maximum atomic E-state index is 12.8. The summed E-state index contributed by atoms with van der Waals surface area (Å²) in [4.78, 5) is 15.2. The molecule has 0 aliphatic carbocycles. The second kappa shape index (κ2) is 9.34. The van der Waals surface area contributed by atoms with Crippen LogP contribution in [0.3, 0.4) is 0 Å². The number of benzene rings is 2. The van der Waals surface area contributed by atoms with Gasteiger partial charge in [-0.2, -0.15) is 4.31 Å². The van der Waals surface area contributed by atoms with Crippen molar-refractivity contribution in [1.29, 1.82) is 0 Å². The number of carbonyl (C=O) groups is 1. The van der Waals surface area contributed by atoms with E-state index in [1.807, 2.05) is 25.1 Å². The van der Waals surface area contributed by atoms with Gasteiger partial charge in [-0.25, -0.2) is 8.42 Å². The molecule has 1 fully saturated rings. The fourth-order valence-electron chi connectivity index (χ4n) is 4.15. The van der Waals surface area contributed by atoms with Crippen molar-refractivity contribution in [2.75, 3.05) is 31.5 Å². The van der Waals surface area contributed by atoms with Gasteiger partial charge in [-0.05, 0) is 61.6 Å². The molecule has 0 bridgehead atoms. The second-order valence-electron chi connectivity index (χ2n) is 8.14. The first-order valence-electron chi connectivity index (χ1n) is 10.8. The van der Waals surface area contributed by atoms with Crippen LogP contribution in [0.5, 0.6) is 0 Å². The Morgan fingerprint density at radius 3 is 2.26 bits per heavy atom. The first-order valence-corrected chi connectivity index (χ1v) is 12.3. The predicted molar refractivity (Wildman–Crippen MR) is 123 cm³/mol. The Labute approximate surface area is 184 Å². The average molecular weight is 440 g/mol. The van der Waals surface area contributed by atoms with Crippen molar-refractivity contribution in [3.05, 3.63) is 66.2 Å². The van der Waals surface area contributed by atoms with E-state index in [-0.39, 0.29) is 16.8 Å². The third-order valence-corrected chi connectivity index (χ3v) is 8.05. The molecule has 0 aromatic heterocycles. The molecule has 0 spiro atoms. The summed E-state index contributed by atoms with van der Waals surface area (Å²) in [7, 11) is -3.44. The van der Waals surface area contributed by atoms with Gasteiger partial charge in [0.15, 0.2) is 0 Å². The Morgan fingerprint density at radius 2 is 1.65 bits per heavy atom. The highest BCUT2D eigenvalue weighted by Gasteiger charge is 2.27. The molecular formula is C24H29N3O3S. The summed E-state index contributed by atoms with van der Waals surface area (Å²) >= 11 is 0. The van der Waals surface area contributed by atoms with Crippen LogP contribution in [-0.4, -0.2) is 55.8 Å². The Balaban J connectivity index is 1.35. The summed E-state index contributed by atoms with van der Waals surface area (Å²) in [6.45, 7) is 4.61. The first-order chi connectivity index (χ1) is 14.9. The summed E-state index contributed by atoms with van der Waals surface area (Å²) in [6.07, 6.45) is 4.92. The third kappa shape index (κ3) is 4.89. The van der Waals surface area contributed by atoms with Crippen LogP contribution in [0.4, 0.5) is 5.69 Å². The van der Waals surface area contributed by atoms with Gasteiger partial charge in [-0.3, -0.25) is 9.69 Å². The molecule has 2 aromatic rings. The molecule has 4 rings (SSSR count). The highest BCUT2D eigenvalue weighted by atomic mass is 32.2. The van der Waals surface area contributed by atoms with Gasteiger partial charge in [0, 0.05) is 31.9 Å². The number of sulfonamides is 1. The summed E-state index contributed by atoms with van der Waals surface area (Å²) < 4.78 is 26.8. The number of nitrogens with zero attached hydrogens (tertiary/aromatic N) is 2. The van der Waals surface area contributed by atoms with Crippen LogP contribution in [0, 0.1) is 0 Å². The molecule has 164 valence electrons. The maximum absolute atomic E-state index is 12.8. The maximum Gasteiger partial charge on any atom is 0.243 e. The number of carbonyl (C=O) groups excluding carboxylic acids is 1. The van der Waals surface area contributed by atoms with Gasteiger partial charge in [-0.15, -0.1) is 0 Å². The van der Waals surface area contributed by atoms with Crippen LogP contribution in [-0.2, 0) is 14.8 Å². The van der Waals surface area contributed by atoms with E-state index < -0.39 is 10.0 Å². The molecule has 1 atom stereocenters. The van der Waals surface area contributed by atoms with E-state index in [0.717, 1.165) is 32.4 Å². The Bertz CT molecular complexity index is 1040. The van der Waals surface area contributed by atoms with Crippen LogP contribution in [0.2, 0.25) is 0 Å². The van der Waals surface area contributed by atoms with E-state index in [1.54, 1.807) is 24.3 Å². The van der Waals surface area contributed by atoms with E-state index in [4.69, 9.17) is 0 Å². The normalized spacial score (nSPS) is 19.1. The third-order valence-electron chi connectivity index (χ3n) is 6.14. The Hall–Kier alpha value is -2.48. The van der Waals surface area contributed by atoms with Crippen LogP contribution in [0.25, 0.3) is 5.57 Å². The number of nitrogens with one attached hydrogen (secondary N) is 1. The van der Waals surface area contributed by atoms with Crippen molar-refractivity contribution in [1.82, 2.24) is 9.21 Å². The quantitative estimate of drug-likeness (QED) is 0.747. The zero-order valence-electron chi connectivity index (χ0n) is 17.8. The number of hydrogen-bond donors (Lipinski definition) is 1. The van der Waals surface area contributed by atoms with E-state index in [1.165, 1.54) is 15.4 Å². The highest BCUT2D eigenvalue weighted by Crippen LogP contribution is 2.24. The van der Waals surface area contributed by atoms with Gasteiger partial charge >= 0.3 is 0 Å². The zero-order chi connectivity index (χ0) is 21.8. The minimum absolute atomic E-state index is 0.0910. The van der Waals surface area contributed by atoms with Gasteiger partial charge in [0.2, 0.25) is 15.9 Å². The van der Waals surface area contributed by atoms with Gasteiger partial charge in [0.25, 0.3) is 0 Å². The Kier molecular flexibility index (Phi) is 6.55. The lowest BCUT2D eigenvalue weighted by Crippen LogP contribution is -2.44. The van der Waals surface area contributed by atoms with Crippen LogP contribution >= 0.6 is 0 Å². The van der Waals surface area contributed by atoms with E-state index in [9.17, 15) is 13.2 Å². The zero-order valence-corrected chi connectivity index (χ0v) is 18.6. The fourth-order valence-corrected chi connectivity index (χ4v) is 5.67. The molecule has 1 saturated heterocycles. The molecule has 2 aromatic carbocycles. The van der Waals surface area contributed by atoms with Crippen molar-refractivity contribution in [2.45, 2.75) is 37.1 Å². The molecule has 2 aliphatic heterocycles. The summed E-state index contributed by atoms with van der Waals surface area (Å²) in [6, 6.07) is 16.5. The highest BCUT2D eigenvalue weighted by molar-refractivity contribution is 7.89. The van der Waals surface area contributed by atoms with Crippen molar-refractivity contribution >= 4 is 27.2 Å². The Morgan fingerprint density at radius 1 is 0.968 bits per heavy atom. The molecule has 0 unspecified atom stereocenters. The SMILES string of the molecule is C[C@@H](C(=O)Nc1ccc(S(=O)(=O)N2CCCC2)cc1)N1CC=C(c2ccccc2)CC1. The molecule has 2 aliphatic rings. The fraction of sp³-hybridized carbons (Fsp3) is 0.375. The topological polar surface area (TPSA) is 69.7 Å². The predicted octanol–water partition coefficient (Wildman–Crippen LogP) is 3.59. The van der Waals surface area contributed by atoms with Crippen molar-refractivity contribution in [3.63, 3.8) is 0 Å². The minimum Gasteiger partial charge on any atom is -0.325 e. The van der Waals surface area contributed by atoms with Gasteiger partial charge in [0.05, 0.1) is 10.9 Å². The smallest absolute Gasteiger partial charge is 0.243 e. The largest absolute Gasteiger partial charge is 0.325 e. The van der Waals surface area contributed by atoms with E-state index in [2.05, 4.69) is 28.4 Å². The lowest BCUT2D eigenvalue weighted by molar-refractivity contribution is -0.120. The number of anilines is 1. The number of hydrogen-bond acceptors (Lipinski definition) is 4. The van der Waals surface area contributed by atoms with E-state index >= 15 is 0 Å². The van der Waals surface area contributed by atoms with Crippen LogP contribution < -0.4 is 5.32 Å². The van der Waals surface area contributed by atoms with Crippen molar-refractivity contribution in [2.24, 2.45) is 0 Å². The number of rotatable bonds is 6. The lowest BCUT2D eigenvalue weighted by atomic mass is 9.99. The van der Waals surface area contributed by atoms with E-state index in [0.29, 0.717) is 18.8 Å². The van der Waals surface area contributed by atoms with Gasteiger partial charge in [0.1, 0.15) is 0 Å². The van der Waals surface area contributed by atoms with Crippen LogP contribution in [0.15, 0.2) is 65.6 Å². The van der Waals surface area contributed by atoms with Gasteiger partial charge in [-0.1, -0.05) is 36.4 Å². The molecule has 31 heavy (non-hydrogen) atoms. The molecule has 1 N–H and O–H groups in total. The first kappa shape index (κ1) is 21.7. The van der Waals surface area contributed by atoms with Crippen molar-refractivity contribution in [3.8, 4) is 0 Å². The molecule has 1 amide bonds. The molecule has 0 saturated carbocycles. The molecule has 2 heterocycles.